The number of ether oxygens (including phenoxy) is 2. The van der Waals surface area contributed by atoms with Crippen LogP contribution < -0.4 is 20.5 Å². The molecular weight excluding hydrogens is 322 g/mol. The second-order valence-electron chi connectivity index (χ2n) is 6.52. The second kappa shape index (κ2) is 6.96. The molecule has 0 atom stereocenters. The van der Waals surface area contributed by atoms with Gasteiger partial charge in [0.2, 0.25) is 0 Å². The van der Waals surface area contributed by atoms with Crippen LogP contribution in [0.15, 0.2) is 41.5 Å². The Morgan fingerprint density at radius 1 is 1.40 bits per heavy atom. The average molecular weight is 343 g/mol. The van der Waals surface area contributed by atoms with E-state index in [1.165, 1.54) is 10.8 Å². The number of benzene rings is 1. The molecule has 25 heavy (non-hydrogen) atoms. The van der Waals surface area contributed by atoms with E-state index in [0.29, 0.717) is 24.6 Å². The van der Waals surface area contributed by atoms with Gasteiger partial charge >= 0.3 is 5.69 Å². The van der Waals surface area contributed by atoms with Crippen molar-refractivity contribution in [3.63, 3.8) is 0 Å². The number of carbonyl (C=O) groups excluding carboxylic acids is 1. The van der Waals surface area contributed by atoms with Crippen LogP contribution in [0.3, 0.4) is 0 Å². The summed E-state index contributed by atoms with van der Waals surface area (Å²) < 4.78 is 13.0. The van der Waals surface area contributed by atoms with Crippen molar-refractivity contribution in [1.29, 1.82) is 0 Å². The van der Waals surface area contributed by atoms with Crippen molar-refractivity contribution in [3.05, 3.63) is 52.7 Å². The Morgan fingerprint density at radius 2 is 2.24 bits per heavy atom. The molecule has 1 amide bonds. The van der Waals surface area contributed by atoms with Gasteiger partial charge in [-0.15, -0.1) is 0 Å². The zero-order valence-electron chi connectivity index (χ0n) is 14.3. The van der Waals surface area contributed by atoms with Gasteiger partial charge in [0.25, 0.3) is 5.91 Å². The molecule has 1 aliphatic rings. The predicted octanol–water partition coefficient (Wildman–Crippen LogP) is 1.15. The van der Waals surface area contributed by atoms with Crippen molar-refractivity contribution in [1.82, 2.24) is 14.9 Å². The smallest absolute Gasteiger partial charge is 0.347 e. The number of nitrogens with one attached hydrogen (secondary N) is 1. The van der Waals surface area contributed by atoms with Gasteiger partial charge in [-0.3, -0.25) is 9.36 Å². The number of hydrogen-bond donors (Lipinski definition) is 1. The van der Waals surface area contributed by atoms with E-state index in [-0.39, 0.29) is 23.8 Å². The number of carbonyl (C=O) groups is 1. The monoisotopic (exact) mass is 343 g/mol. The Hall–Kier alpha value is -2.83. The molecule has 0 saturated carbocycles. The maximum atomic E-state index is 11.9. The van der Waals surface area contributed by atoms with Crippen molar-refractivity contribution in [2.24, 2.45) is 0 Å². The lowest BCUT2D eigenvalue weighted by molar-refractivity contribution is -0.123. The van der Waals surface area contributed by atoms with Gasteiger partial charge in [-0.25, -0.2) is 9.78 Å². The highest BCUT2D eigenvalue weighted by Gasteiger charge is 2.32. The van der Waals surface area contributed by atoms with E-state index in [1.807, 2.05) is 26.0 Å². The summed E-state index contributed by atoms with van der Waals surface area (Å²) in [4.78, 5) is 27.1. The van der Waals surface area contributed by atoms with Crippen LogP contribution in [-0.4, -0.2) is 34.2 Å². The van der Waals surface area contributed by atoms with Crippen LogP contribution in [0.25, 0.3) is 0 Å². The van der Waals surface area contributed by atoms with E-state index in [4.69, 9.17) is 9.47 Å². The van der Waals surface area contributed by atoms with Crippen molar-refractivity contribution in [2.75, 3.05) is 13.2 Å². The van der Waals surface area contributed by atoms with E-state index in [9.17, 15) is 9.59 Å². The lowest BCUT2D eigenvalue weighted by Crippen LogP contribution is -2.34. The fraction of sp³-hybridized carbons (Fsp3) is 0.389. The van der Waals surface area contributed by atoms with Gasteiger partial charge in [0.05, 0.1) is 0 Å². The summed E-state index contributed by atoms with van der Waals surface area (Å²) >= 11 is 0. The largest absolute Gasteiger partial charge is 0.483 e. The number of aromatic nitrogens is 2. The molecule has 7 heteroatoms. The molecule has 0 fully saturated rings. The molecule has 0 unspecified atom stereocenters. The number of para-hydroxylation sites is 1. The second-order valence-corrected chi connectivity index (χ2v) is 6.52. The number of nitrogens with zero attached hydrogens (tertiary/aromatic N) is 2. The first-order valence-electron chi connectivity index (χ1n) is 8.16. The fourth-order valence-electron chi connectivity index (χ4n) is 2.77. The van der Waals surface area contributed by atoms with Gasteiger partial charge in [-0.2, -0.15) is 0 Å². The zero-order chi connectivity index (χ0) is 17.9. The van der Waals surface area contributed by atoms with Gasteiger partial charge in [0, 0.05) is 37.5 Å². The SMILES string of the molecule is CC1(C)Cc2cccc(OCC(=O)NCCn3cccnc3=O)c2O1. The molecule has 2 heterocycles. The molecule has 1 aromatic carbocycles. The lowest BCUT2D eigenvalue weighted by Gasteiger charge is -2.18. The van der Waals surface area contributed by atoms with Crippen LogP contribution in [0.2, 0.25) is 0 Å². The van der Waals surface area contributed by atoms with Crippen LogP contribution in [0.1, 0.15) is 19.4 Å². The molecule has 1 aliphatic heterocycles. The summed E-state index contributed by atoms with van der Waals surface area (Å²) in [7, 11) is 0. The zero-order valence-corrected chi connectivity index (χ0v) is 14.3. The van der Waals surface area contributed by atoms with Gasteiger partial charge in [0.15, 0.2) is 18.1 Å². The van der Waals surface area contributed by atoms with Crippen molar-refractivity contribution >= 4 is 5.91 Å². The third-order valence-electron chi connectivity index (χ3n) is 3.87. The van der Waals surface area contributed by atoms with Crippen LogP contribution in [0.5, 0.6) is 11.5 Å². The molecular formula is C18H21N3O4. The normalized spacial score (nSPS) is 14.5. The summed E-state index contributed by atoms with van der Waals surface area (Å²) in [5.41, 5.74) is 0.479. The summed E-state index contributed by atoms with van der Waals surface area (Å²) in [5, 5.41) is 2.72. The first kappa shape index (κ1) is 17.0. The average Bonchev–Trinajstić information content (AvgIpc) is 2.89. The van der Waals surface area contributed by atoms with Crippen LogP contribution in [-0.2, 0) is 17.8 Å². The Kier molecular flexibility index (Phi) is 4.74. The first-order valence-corrected chi connectivity index (χ1v) is 8.16. The maximum Gasteiger partial charge on any atom is 0.347 e. The van der Waals surface area contributed by atoms with Gasteiger partial charge in [-0.05, 0) is 26.0 Å². The standard InChI is InChI=1S/C18H21N3O4/c1-18(2)11-13-5-3-6-14(16(13)25-18)24-12-15(22)19-8-10-21-9-4-7-20-17(21)23/h3-7,9H,8,10-12H2,1-2H3,(H,19,22). The summed E-state index contributed by atoms with van der Waals surface area (Å²) in [5.74, 6) is 1.02. The molecule has 0 aliphatic carbocycles. The highest BCUT2D eigenvalue weighted by molar-refractivity contribution is 5.77. The van der Waals surface area contributed by atoms with E-state index in [1.54, 1.807) is 18.3 Å². The minimum atomic E-state index is -0.340. The van der Waals surface area contributed by atoms with Gasteiger partial charge < -0.3 is 14.8 Å². The molecule has 1 N–H and O–H groups in total. The minimum absolute atomic E-state index is 0.109. The molecule has 2 aromatic rings. The maximum absolute atomic E-state index is 11.9. The Bertz CT molecular complexity index is 829. The Balaban J connectivity index is 1.50. The van der Waals surface area contributed by atoms with Crippen LogP contribution >= 0.6 is 0 Å². The number of amides is 1. The molecule has 3 rings (SSSR count). The molecule has 0 radical (unpaired) electrons. The van der Waals surface area contributed by atoms with Crippen LogP contribution in [0, 0.1) is 0 Å². The highest BCUT2D eigenvalue weighted by Crippen LogP contribution is 2.41. The number of hydrogen-bond acceptors (Lipinski definition) is 5. The van der Waals surface area contributed by atoms with E-state index in [2.05, 4.69) is 10.3 Å². The van der Waals surface area contributed by atoms with E-state index < -0.39 is 0 Å². The van der Waals surface area contributed by atoms with E-state index >= 15 is 0 Å². The van der Waals surface area contributed by atoms with E-state index in [0.717, 1.165) is 12.0 Å². The Morgan fingerprint density at radius 3 is 3.04 bits per heavy atom. The summed E-state index contributed by atoms with van der Waals surface area (Å²) in [6.07, 6.45) is 3.88. The van der Waals surface area contributed by atoms with Gasteiger partial charge in [-0.1, -0.05) is 12.1 Å². The number of rotatable bonds is 6. The fourth-order valence-corrected chi connectivity index (χ4v) is 2.77. The van der Waals surface area contributed by atoms with Crippen molar-refractivity contribution in [3.8, 4) is 11.5 Å². The highest BCUT2D eigenvalue weighted by atomic mass is 16.5. The summed E-state index contributed by atoms with van der Waals surface area (Å²) in [6, 6.07) is 7.36. The summed E-state index contributed by atoms with van der Waals surface area (Å²) in [6.45, 7) is 4.61. The molecule has 0 spiro atoms. The Labute approximate surface area is 145 Å². The third kappa shape index (κ3) is 4.17. The minimum Gasteiger partial charge on any atom is -0.483 e. The molecule has 132 valence electrons. The van der Waals surface area contributed by atoms with Gasteiger partial charge in [0.1, 0.15) is 5.60 Å². The van der Waals surface area contributed by atoms with Crippen molar-refractivity contribution < 1.29 is 14.3 Å². The lowest BCUT2D eigenvalue weighted by atomic mass is 10.0. The van der Waals surface area contributed by atoms with Crippen molar-refractivity contribution in [2.45, 2.75) is 32.4 Å². The van der Waals surface area contributed by atoms with Crippen LogP contribution in [0.4, 0.5) is 0 Å². The third-order valence-corrected chi connectivity index (χ3v) is 3.87. The molecule has 1 aromatic heterocycles. The molecule has 0 bridgehead atoms. The first-order chi connectivity index (χ1) is 11.9. The number of fused-ring (bicyclic) bond motifs is 1. The topological polar surface area (TPSA) is 82.5 Å². The molecule has 0 saturated heterocycles. The quantitative estimate of drug-likeness (QED) is 0.851. The molecule has 7 nitrogen and oxygen atoms in total. The predicted molar refractivity (Wildman–Crippen MR) is 91.9 cm³/mol.